The van der Waals surface area contributed by atoms with Gasteiger partial charge in [-0.3, -0.25) is 9.80 Å². The fourth-order valence-electron chi connectivity index (χ4n) is 3.94. The van der Waals surface area contributed by atoms with Gasteiger partial charge < -0.3 is 0 Å². The Morgan fingerprint density at radius 1 is 0.583 bits per heavy atom. The van der Waals surface area contributed by atoms with Crippen molar-refractivity contribution in [2.24, 2.45) is 0 Å². The summed E-state index contributed by atoms with van der Waals surface area (Å²) in [7, 11) is 0. The Bertz CT molecular complexity index is 377. The van der Waals surface area contributed by atoms with Crippen molar-refractivity contribution in [3.63, 3.8) is 0 Å². The highest BCUT2D eigenvalue weighted by Crippen LogP contribution is 2.30. The molecule has 0 bridgehead atoms. The van der Waals surface area contributed by atoms with Gasteiger partial charge in [0.1, 0.15) is 0 Å². The molecule has 1 aromatic carbocycles. The first-order valence-electron chi connectivity index (χ1n) is 10.2. The topological polar surface area (TPSA) is 6.48 Å². The summed E-state index contributed by atoms with van der Waals surface area (Å²) in [6.45, 7) is 18.2. The fraction of sp³-hybridized carbons (Fsp3) is 0.727. The molecule has 2 atom stereocenters. The number of benzene rings is 1. The van der Waals surface area contributed by atoms with E-state index in [4.69, 9.17) is 0 Å². The molecule has 0 aliphatic rings. The molecule has 1 rings (SSSR count). The van der Waals surface area contributed by atoms with Gasteiger partial charge in [-0.15, -0.1) is 0 Å². The van der Waals surface area contributed by atoms with Gasteiger partial charge in [0.25, 0.3) is 0 Å². The monoisotopic (exact) mass is 332 g/mol. The van der Waals surface area contributed by atoms with Crippen molar-refractivity contribution in [3.8, 4) is 0 Å². The van der Waals surface area contributed by atoms with Gasteiger partial charge in [-0.1, -0.05) is 78.6 Å². The molecule has 0 radical (unpaired) electrons. The average Bonchev–Trinajstić information content (AvgIpc) is 2.62. The van der Waals surface area contributed by atoms with Crippen LogP contribution < -0.4 is 0 Å². The van der Waals surface area contributed by atoms with Gasteiger partial charge >= 0.3 is 0 Å². The molecule has 2 nitrogen and oxygen atoms in total. The highest BCUT2D eigenvalue weighted by Gasteiger charge is 2.20. The third kappa shape index (κ3) is 5.60. The van der Waals surface area contributed by atoms with Crippen molar-refractivity contribution < 1.29 is 0 Å². The molecule has 0 aliphatic heterocycles. The quantitative estimate of drug-likeness (QED) is 0.459. The van der Waals surface area contributed by atoms with Crippen LogP contribution >= 0.6 is 0 Å². The summed E-state index contributed by atoms with van der Waals surface area (Å²) in [6.07, 6.45) is 4.96. The predicted octanol–water partition coefficient (Wildman–Crippen LogP) is 6.05. The molecular weight excluding hydrogens is 292 g/mol. The summed E-state index contributed by atoms with van der Waals surface area (Å²) in [5.41, 5.74) is 2.97. The maximum atomic E-state index is 2.59. The van der Waals surface area contributed by atoms with Gasteiger partial charge in [-0.25, -0.2) is 0 Å². The molecule has 0 saturated carbocycles. The molecule has 0 aliphatic carbocycles. The second-order valence-electron chi connectivity index (χ2n) is 6.72. The summed E-state index contributed by atoms with van der Waals surface area (Å²) < 4.78 is 0. The third-order valence-electron chi connectivity index (χ3n) is 5.34. The molecule has 138 valence electrons. The number of nitrogens with zero attached hydrogens (tertiary/aromatic N) is 2. The lowest BCUT2D eigenvalue weighted by atomic mass is 9.95. The van der Waals surface area contributed by atoms with E-state index in [9.17, 15) is 0 Å². The number of hydrogen-bond acceptors (Lipinski definition) is 2. The Hall–Kier alpha value is -0.860. The minimum atomic E-state index is 0.567. The summed E-state index contributed by atoms with van der Waals surface area (Å²) in [6, 6.07) is 10.7. The van der Waals surface area contributed by atoms with Crippen LogP contribution in [-0.2, 0) is 0 Å². The van der Waals surface area contributed by atoms with Crippen molar-refractivity contribution in [2.45, 2.75) is 79.3 Å². The smallest absolute Gasteiger partial charge is 0.0347 e. The third-order valence-corrected chi connectivity index (χ3v) is 5.34. The van der Waals surface area contributed by atoms with Crippen LogP contribution in [0.25, 0.3) is 0 Å². The van der Waals surface area contributed by atoms with Gasteiger partial charge in [0, 0.05) is 12.1 Å². The van der Waals surface area contributed by atoms with Crippen LogP contribution in [-0.4, -0.2) is 36.0 Å². The maximum Gasteiger partial charge on any atom is 0.0347 e. The largest absolute Gasteiger partial charge is 0.297 e. The molecule has 0 aromatic heterocycles. The Morgan fingerprint density at radius 2 is 0.875 bits per heavy atom. The SMILES string of the molecule is CCCC(c1ccc(C(CCC)N(CC)CC)cc1)N(CC)CC. The average molecular weight is 333 g/mol. The van der Waals surface area contributed by atoms with Crippen molar-refractivity contribution in [2.75, 3.05) is 26.2 Å². The van der Waals surface area contributed by atoms with Crippen LogP contribution in [0.15, 0.2) is 24.3 Å². The highest BCUT2D eigenvalue weighted by atomic mass is 15.1. The predicted molar refractivity (Wildman–Crippen MR) is 108 cm³/mol. The fourth-order valence-corrected chi connectivity index (χ4v) is 3.94. The lowest BCUT2D eigenvalue weighted by Gasteiger charge is -2.32. The normalized spacial score (nSPS) is 14.3. The van der Waals surface area contributed by atoms with Gasteiger partial charge in [0.15, 0.2) is 0 Å². The van der Waals surface area contributed by atoms with Crippen LogP contribution in [0.4, 0.5) is 0 Å². The lowest BCUT2D eigenvalue weighted by Crippen LogP contribution is -2.29. The number of hydrogen-bond donors (Lipinski definition) is 0. The molecule has 0 heterocycles. The minimum Gasteiger partial charge on any atom is -0.297 e. The zero-order chi connectivity index (χ0) is 17.9. The second-order valence-corrected chi connectivity index (χ2v) is 6.72. The Labute approximate surface area is 151 Å². The van der Waals surface area contributed by atoms with Gasteiger partial charge in [-0.05, 0) is 50.1 Å². The van der Waals surface area contributed by atoms with Crippen LogP contribution in [0.2, 0.25) is 0 Å². The molecular formula is C22H40N2. The van der Waals surface area contributed by atoms with Crippen LogP contribution in [0, 0.1) is 0 Å². The first-order valence-corrected chi connectivity index (χ1v) is 10.2. The molecule has 24 heavy (non-hydrogen) atoms. The van der Waals surface area contributed by atoms with E-state index in [1.54, 1.807) is 0 Å². The van der Waals surface area contributed by atoms with Gasteiger partial charge in [0.2, 0.25) is 0 Å². The second kappa shape index (κ2) is 11.7. The van der Waals surface area contributed by atoms with Crippen molar-refractivity contribution in [1.29, 1.82) is 0 Å². The maximum absolute atomic E-state index is 2.59. The summed E-state index contributed by atoms with van der Waals surface area (Å²) in [4.78, 5) is 5.18. The molecule has 2 unspecified atom stereocenters. The Balaban J connectivity index is 3.02. The summed E-state index contributed by atoms with van der Waals surface area (Å²) in [5, 5.41) is 0. The van der Waals surface area contributed by atoms with E-state index in [0.717, 1.165) is 26.2 Å². The van der Waals surface area contributed by atoms with Gasteiger partial charge in [0.05, 0.1) is 0 Å². The highest BCUT2D eigenvalue weighted by molar-refractivity contribution is 5.27. The summed E-state index contributed by atoms with van der Waals surface area (Å²) in [5.74, 6) is 0. The van der Waals surface area contributed by atoms with Crippen molar-refractivity contribution in [1.82, 2.24) is 9.80 Å². The molecule has 0 saturated heterocycles. The molecule has 0 amide bonds. The van der Waals surface area contributed by atoms with Crippen LogP contribution in [0.1, 0.15) is 90.4 Å². The van der Waals surface area contributed by atoms with Crippen LogP contribution in [0.5, 0.6) is 0 Å². The zero-order valence-corrected chi connectivity index (χ0v) is 17.0. The molecule has 1 aromatic rings. The molecule has 0 N–H and O–H groups in total. The van der Waals surface area contributed by atoms with E-state index in [0.29, 0.717) is 12.1 Å². The van der Waals surface area contributed by atoms with Crippen molar-refractivity contribution in [3.05, 3.63) is 35.4 Å². The van der Waals surface area contributed by atoms with E-state index in [1.165, 1.54) is 36.8 Å². The van der Waals surface area contributed by atoms with E-state index >= 15 is 0 Å². The zero-order valence-electron chi connectivity index (χ0n) is 17.0. The standard InChI is InChI=1S/C22H40N2/c1-7-13-21(23(9-3)10-4)19-15-17-20(18-16-19)22(14-8-2)24(11-5)12-6/h15-18,21-22H,7-14H2,1-6H3. The molecule has 0 fully saturated rings. The van der Waals surface area contributed by atoms with E-state index < -0.39 is 0 Å². The summed E-state index contributed by atoms with van der Waals surface area (Å²) >= 11 is 0. The van der Waals surface area contributed by atoms with Gasteiger partial charge in [-0.2, -0.15) is 0 Å². The first-order chi connectivity index (χ1) is 11.7. The number of rotatable bonds is 12. The molecule has 0 spiro atoms. The van der Waals surface area contributed by atoms with Crippen LogP contribution in [0.3, 0.4) is 0 Å². The lowest BCUT2D eigenvalue weighted by molar-refractivity contribution is 0.204. The van der Waals surface area contributed by atoms with E-state index in [-0.39, 0.29) is 0 Å². The van der Waals surface area contributed by atoms with E-state index in [1.807, 2.05) is 0 Å². The minimum absolute atomic E-state index is 0.567. The first kappa shape index (κ1) is 21.2. The Kier molecular flexibility index (Phi) is 10.3. The Morgan fingerprint density at radius 3 is 1.08 bits per heavy atom. The van der Waals surface area contributed by atoms with E-state index in [2.05, 4.69) is 75.6 Å². The van der Waals surface area contributed by atoms with Crippen molar-refractivity contribution >= 4 is 0 Å². The molecule has 2 heteroatoms.